The number of hydrogen-bond donors (Lipinski definition) is 0. The average molecular weight is 280 g/mol. The molecular weight excluding hydrogens is 260 g/mol. The molecule has 0 radical (unpaired) electrons. The highest BCUT2D eigenvalue weighted by atomic mass is 32.2. The normalized spacial score (nSPS) is 16.7. The number of aryl methyl sites for hydroxylation is 1. The van der Waals surface area contributed by atoms with E-state index in [0.717, 1.165) is 31.2 Å². The lowest BCUT2D eigenvalue weighted by atomic mass is 10.1. The molecule has 0 unspecified atom stereocenters. The van der Waals surface area contributed by atoms with Gasteiger partial charge >= 0.3 is 0 Å². The van der Waals surface area contributed by atoms with Gasteiger partial charge < -0.3 is 0 Å². The van der Waals surface area contributed by atoms with E-state index in [1.54, 1.807) is 18.2 Å². The summed E-state index contributed by atoms with van der Waals surface area (Å²) in [5.41, 5.74) is 1.47. The molecule has 1 aliphatic carbocycles. The van der Waals surface area contributed by atoms with E-state index in [4.69, 9.17) is 0 Å². The van der Waals surface area contributed by atoms with Crippen molar-refractivity contribution in [3.63, 3.8) is 0 Å². The number of sulfone groups is 1. The summed E-state index contributed by atoms with van der Waals surface area (Å²) in [6.07, 6.45) is 4.20. The van der Waals surface area contributed by atoms with E-state index in [2.05, 4.69) is 0 Å². The molecule has 1 aliphatic rings. The van der Waals surface area contributed by atoms with Crippen LogP contribution in [0.1, 0.15) is 41.6 Å². The zero-order chi connectivity index (χ0) is 13.9. The molecule has 0 aromatic heterocycles. The summed E-state index contributed by atoms with van der Waals surface area (Å²) in [5.74, 6) is -0.214. The van der Waals surface area contributed by atoms with E-state index in [9.17, 15) is 13.2 Å². The van der Waals surface area contributed by atoms with Crippen molar-refractivity contribution in [2.75, 3.05) is 11.5 Å². The summed E-state index contributed by atoms with van der Waals surface area (Å²) < 4.78 is 24.1. The molecule has 0 N–H and O–H groups in total. The Hall–Kier alpha value is -1.16. The first kappa shape index (κ1) is 14.3. The van der Waals surface area contributed by atoms with Crippen LogP contribution in [0.5, 0.6) is 0 Å². The van der Waals surface area contributed by atoms with Gasteiger partial charge in [-0.2, -0.15) is 0 Å². The van der Waals surface area contributed by atoms with Crippen LogP contribution < -0.4 is 0 Å². The van der Waals surface area contributed by atoms with E-state index >= 15 is 0 Å². The minimum atomic E-state index is -3.27. The zero-order valence-corrected chi connectivity index (χ0v) is 12.1. The second kappa shape index (κ2) is 5.87. The Balaban J connectivity index is 2.01. The third-order valence-electron chi connectivity index (χ3n) is 3.66. The van der Waals surface area contributed by atoms with Gasteiger partial charge in [-0.3, -0.25) is 4.79 Å². The fourth-order valence-corrected chi connectivity index (χ4v) is 4.43. The standard InChI is InChI=1S/C15H20O3S/c1-12-5-4-8-14(9-12)15(16)11-19(17,18)10-13-6-2-3-7-13/h4-5,8-9,13H,2-3,6-7,10-11H2,1H3. The number of hydrogen-bond acceptors (Lipinski definition) is 3. The van der Waals surface area contributed by atoms with Crippen LogP contribution in [0.3, 0.4) is 0 Å². The first-order chi connectivity index (χ1) is 8.96. The van der Waals surface area contributed by atoms with Crippen molar-refractivity contribution in [2.24, 2.45) is 5.92 Å². The number of carbonyl (C=O) groups is 1. The molecule has 0 amide bonds. The van der Waals surface area contributed by atoms with E-state index in [0.29, 0.717) is 5.56 Å². The number of Topliss-reactive ketones (excluding diaryl/α,β-unsaturated/α-hetero) is 1. The Kier molecular flexibility index (Phi) is 4.40. The predicted molar refractivity (Wildman–Crippen MR) is 76.1 cm³/mol. The first-order valence-corrected chi connectivity index (χ1v) is 8.59. The predicted octanol–water partition coefficient (Wildman–Crippen LogP) is 2.78. The topological polar surface area (TPSA) is 51.2 Å². The van der Waals surface area contributed by atoms with Crippen LogP contribution in [0.4, 0.5) is 0 Å². The third-order valence-corrected chi connectivity index (χ3v) is 5.34. The van der Waals surface area contributed by atoms with Crippen LogP contribution in [-0.2, 0) is 9.84 Å². The monoisotopic (exact) mass is 280 g/mol. The van der Waals surface area contributed by atoms with Crippen molar-refractivity contribution in [3.05, 3.63) is 35.4 Å². The largest absolute Gasteiger partial charge is 0.293 e. The van der Waals surface area contributed by atoms with Gasteiger partial charge in [0.15, 0.2) is 15.6 Å². The van der Waals surface area contributed by atoms with Gasteiger partial charge in [0.05, 0.1) is 5.75 Å². The lowest BCUT2D eigenvalue weighted by Crippen LogP contribution is -2.22. The highest BCUT2D eigenvalue weighted by Crippen LogP contribution is 2.26. The highest BCUT2D eigenvalue weighted by molar-refractivity contribution is 7.92. The Morgan fingerprint density at radius 2 is 1.95 bits per heavy atom. The highest BCUT2D eigenvalue weighted by Gasteiger charge is 2.25. The summed E-state index contributed by atoms with van der Waals surface area (Å²) in [5, 5.41) is 0. The minimum absolute atomic E-state index is 0.171. The molecule has 0 aliphatic heterocycles. The summed E-state index contributed by atoms with van der Waals surface area (Å²) in [7, 11) is -3.27. The van der Waals surface area contributed by atoms with Crippen LogP contribution in [0.15, 0.2) is 24.3 Å². The Labute approximate surface area is 114 Å². The Morgan fingerprint density at radius 1 is 1.26 bits per heavy atom. The number of carbonyl (C=O) groups excluding carboxylic acids is 1. The van der Waals surface area contributed by atoms with Gasteiger partial charge in [0.25, 0.3) is 0 Å². The molecule has 1 aromatic rings. The molecule has 1 saturated carbocycles. The number of rotatable bonds is 5. The second-order valence-corrected chi connectivity index (χ2v) is 7.61. The summed E-state index contributed by atoms with van der Waals surface area (Å²) >= 11 is 0. The van der Waals surface area contributed by atoms with Gasteiger partial charge in [-0.05, 0) is 31.7 Å². The van der Waals surface area contributed by atoms with E-state index < -0.39 is 9.84 Å². The average Bonchev–Trinajstić information content (AvgIpc) is 2.80. The molecule has 0 spiro atoms. The molecule has 4 heteroatoms. The van der Waals surface area contributed by atoms with Gasteiger partial charge in [-0.25, -0.2) is 8.42 Å². The summed E-state index contributed by atoms with van der Waals surface area (Å²) in [6, 6.07) is 7.10. The SMILES string of the molecule is Cc1cccc(C(=O)CS(=O)(=O)CC2CCCC2)c1. The number of ketones is 1. The lowest BCUT2D eigenvalue weighted by Gasteiger charge is -2.09. The maximum Gasteiger partial charge on any atom is 0.177 e. The Morgan fingerprint density at radius 3 is 2.58 bits per heavy atom. The molecule has 19 heavy (non-hydrogen) atoms. The summed E-state index contributed by atoms with van der Waals surface area (Å²) in [4.78, 5) is 12.0. The first-order valence-electron chi connectivity index (χ1n) is 6.76. The maximum absolute atomic E-state index is 12.0. The third kappa shape index (κ3) is 4.16. The minimum Gasteiger partial charge on any atom is -0.293 e. The molecular formula is C15H20O3S. The quantitative estimate of drug-likeness (QED) is 0.779. The van der Waals surface area contributed by atoms with Crippen molar-refractivity contribution in [3.8, 4) is 0 Å². The molecule has 0 atom stereocenters. The molecule has 104 valence electrons. The van der Waals surface area contributed by atoms with Crippen molar-refractivity contribution in [2.45, 2.75) is 32.6 Å². The van der Waals surface area contributed by atoms with E-state index in [1.807, 2.05) is 13.0 Å². The second-order valence-electron chi connectivity index (χ2n) is 5.50. The molecule has 1 aromatic carbocycles. The van der Waals surface area contributed by atoms with Crippen molar-refractivity contribution in [1.82, 2.24) is 0 Å². The van der Waals surface area contributed by atoms with Crippen LogP contribution in [-0.4, -0.2) is 25.7 Å². The fraction of sp³-hybridized carbons (Fsp3) is 0.533. The van der Waals surface area contributed by atoms with Gasteiger partial charge in [0, 0.05) is 5.56 Å². The fourth-order valence-electron chi connectivity index (χ4n) is 2.70. The van der Waals surface area contributed by atoms with Crippen LogP contribution in [0, 0.1) is 12.8 Å². The molecule has 2 rings (SSSR count). The number of benzene rings is 1. The lowest BCUT2D eigenvalue weighted by molar-refractivity contribution is 0.102. The van der Waals surface area contributed by atoms with E-state index in [1.165, 1.54) is 0 Å². The smallest absolute Gasteiger partial charge is 0.177 e. The zero-order valence-electron chi connectivity index (χ0n) is 11.3. The molecule has 0 saturated heterocycles. The van der Waals surface area contributed by atoms with E-state index in [-0.39, 0.29) is 23.2 Å². The van der Waals surface area contributed by atoms with Gasteiger partial charge in [-0.1, -0.05) is 36.6 Å². The van der Waals surface area contributed by atoms with Gasteiger partial charge in [-0.15, -0.1) is 0 Å². The molecule has 1 fully saturated rings. The Bertz CT molecular complexity index is 555. The van der Waals surface area contributed by atoms with Crippen molar-refractivity contribution < 1.29 is 13.2 Å². The van der Waals surface area contributed by atoms with Gasteiger partial charge in [0.1, 0.15) is 5.75 Å². The molecule has 3 nitrogen and oxygen atoms in total. The van der Waals surface area contributed by atoms with Crippen LogP contribution in [0.25, 0.3) is 0 Å². The van der Waals surface area contributed by atoms with Crippen LogP contribution >= 0.6 is 0 Å². The maximum atomic E-state index is 12.0. The van der Waals surface area contributed by atoms with Crippen molar-refractivity contribution in [1.29, 1.82) is 0 Å². The molecule has 0 heterocycles. The van der Waals surface area contributed by atoms with Gasteiger partial charge in [0.2, 0.25) is 0 Å². The summed E-state index contributed by atoms with van der Waals surface area (Å²) in [6.45, 7) is 1.89. The molecule has 0 bridgehead atoms. The van der Waals surface area contributed by atoms with Crippen LogP contribution in [0.2, 0.25) is 0 Å². The van der Waals surface area contributed by atoms with Crippen molar-refractivity contribution >= 4 is 15.6 Å².